The van der Waals surface area contributed by atoms with E-state index in [1.54, 1.807) is 24.3 Å². The van der Waals surface area contributed by atoms with Crippen molar-refractivity contribution in [3.8, 4) is 0 Å². The second-order valence-electron chi connectivity index (χ2n) is 5.18. The third kappa shape index (κ3) is 5.22. The van der Waals surface area contributed by atoms with Gasteiger partial charge in [-0.05, 0) is 30.7 Å². The maximum Gasteiger partial charge on any atom is 0.328 e. The Labute approximate surface area is 147 Å². The Bertz CT molecular complexity index is 767. The summed E-state index contributed by atoms with van der Waals surface area (Å²) in [7, 11) is -0.126. The largest absolute Gasteiger partial charge is 0.467 e. The van der Waals surface area contributed by atoms with Crippen LogP contribution in [0, 0.1) is 5.82 Å². The van der Waals surface area contributed by atoms with Crippen molar-refractivity contribution in [1.29, 1.82) is 0 Å². The van der Waals surface area contributed by atoms with Gasteiger partial charge in [-0.2, -0.15) is 0 Å². The molecule has 132 valence electrons. The summed E-state index contributed by atoms with van der Waals surface area (Å²) < 4.78 is 30.6. The molecule has 25 heavy (non-hydrogen) atoms. The van der Waals surface area contributed by atoms with Crippen molar-refractivity contribution in [2.24, 2.45) is 0 Å². The van der Waals surface area contributed by atoms with Gasteiger partial charge in [-0.25, -0.2) is 9.18 Å². The summed E-state index contributed by atoms with van der Waals surface area (Å²) in [6, 6.07) is 13.3. The molecule has 0 heterocycles. The molecule has 0 saturated carbocycles. The highest BCUT2D eigenvalue weighted by molar-refractivity contribution is 7.85. The van der Waals surface area contributed by atoms with Gasteiger partial charge in [0.05, 0.1) is 23.5 Å². The van der Waals surface area contributed by atoms with Gasteiger partial charge in [-0.1, -0.05) is 30.3 Å². The van der Waals surface area contributed by atoms with Crippen molar-refractivity contribution in [2.75, 3.05) is 12.9 Å². The van der Waals surface area contributed by atoms with Gasteiger partial charge < -0.3 is 10.1 Å². The maximum atomic E-state index is 13.7. The molecule has 1 N–H and O–H groups in total. The summed E-state index contributed by atoms with van der Waals surface area (Å²) in [5.41, 5.74) is -0.166. The molecule has 0 radical (unpaired) electrons. The Kier molecular flexibility index (Phi) is 6.82. The second kappa shape index (κ2) is 9.08. The van der Waals surface area contributed by atoms with E-state index in [0.717, 1.165) is 6.07 Å². The molecule has 0 saturated heterocycles. The van der Waals surface area contributed by atoms with Crippen LogP contribution >= 0.6 is 0 Å². The number of carbonyl (C=O) groups excluding carboxylic acids is 2. The molecular weight excluding hydrogens is 345 g/mol. The van der Waals surface area contributed by atoms with Crippen LogP contribution < -0.4 is 5.32 Å². The first-order valence-electron chi connectivity index (χ1n) is 7.59. The Morgan fingerprint density at radius 1 is 1.12 bits per heavy atom. The first-order chi connectivity index (χ1) is 12.0. The molecule has 2 aromatic carbocycles. The number of ether oxygens (including phenoxy) is 1. The fourth-order valence-corrected chi connectivity index (χ4v) is 3.33. The number of esters is 1. The third-order valence-corrected chi connectivity index (χ3v) is 4.91. The molecule has 0 fully saturated rings. The van der Waals surface area contributed by atoms with Gasteiger partial charge in [0.2, 0.25) is 0 Å². The third-order valence-electron chi connectivity index (χ3n) is 3.51. The van der Waals surface area contributed by atoms with Gasteiger partial charge in [-0.3, -0.25) is 9.00 Å². The first-order valence-corrected chi connectivity index (χ1v) is 8.91. The van der Waals surface area contributed by atoms with Gasteiger partial charge in [0.15, 0.2) is 0 Å². The zero-order valence-electron chi connectivity index (χ0n) is 13.6. The second-order valence-corrected chi connectivity index (χ2v) is 6.75. The Balaban J connectivity index is 2.04. The lowest BCUT2D eigenvalue weighted by Crippen LogP contribution is -2.42. The normalized spacial score (nSPS) is 12.9. The highest BCUT2D eigenvalue weighted by Gasteiger charge is 2.24. The monoisotopic (exact) mass is 363 g/mol. The highest BCUT2D eigenvalue weighted by atomic mass is 32.2. The van der Waals surface area contributed by atoms with Gasteiger partial charge in [0.1, 0.15) is 11.9 Å². The van der Waals surface area contributed by atoms with Crippen LogP contribution in [0.25, 0.3) is 0 Å². The average Bonchev–Trinajstić information content (AvgIpc) is 2.65. The van der Waals surface area contributed by atoms with Crippen molar-refractivity contribution >= 4 is 22.7 Å². The first kappa shape index (κ1) is 18.8. The highest BCUT2D eigenvalue weighted by Crippen LogP contribution is 2.10. The number of carbonyl (C=O) groups is 2. The lowest BCUT2D eigenvalue weighted by Gasteiger charge is -2.16. The van der Waals surface area contributed by atoms with Crippen molar-refractivity contribution in [3.05, 3.63) is 66.0 Å². The van der Waals surface area contributed by atoms with E-state index in [0.29, 0.717) is 4.90 Å². The molecule has 5 nitrogen and oxygen atoms in total. The number of halogens is 1. The standard InChI is InChI=1S/C18H18FNO4S/c1-24-18(22)16(11-12-25(23)13-7-3-2-4-8-13)20-17(21)14-9-5-6-10-15(14)19/h2-10,16H,11-12H2,1H3,(H,20,21)/t16-,25+/m0/s1. The molecular formula is C18H18FNO4S. The zero-order chi connectivity index (χ0) is 18.2. The van der Waals surface area contributed by atoms with Gasteiger partial charge in [0.25, 0.3) is 5.91 Å². The van der Waals surface area contributed by atoms with E-state index in [9.17, 15) is 18.2 Å². The fourth-order valence-electron chi connectivity index (χ4n) is 2.19. The van der Waals surface area contributed by atoms with Crippen molar-refractivity contribution < 1.29 is 22.9 Å². The topological polar surface area (TPSA) is 72.5 Å². The summed E-state index contributed by atoms with van der Waals surface area (Å²) in [5, 5.41) is 2.44. The van der Waals surface area contributed by atoms with E-state index < -0.39 is 34.5 Å². The lowest BCUT2D eigenvalue weighted by atomic mass is 10.1. The molecule has 0 aliphatic carbocycles. The molecule has 2 aromatic rings. The van der Waals surface area contributed by atoms with Crippen LogP contribution in [0.5, 0.6) is 0 Å². The molecule has 0 aromatic heterocycles. The predicted molar refractivity (Wildman–Crippen MR) is 92.0 cm³/mol. The number of hydrogen-bond acceptors (Lipinski definition) is 4. The minimum Gasteiger partial charge on any atom is -0.467 e. The van der Waals surface area contributed by atoms with Crippen molar-refractivity contribution in [2.45, 2.75) is 17.4 Å². The van der Waals surface area contributed by atoms with E-state index in [1.807, 2.05) is 6.07 Å². The summed E-state index contributed by atoms with van der Waals surface area (Å²) in [6.07, 6.45) is 0.106. The number of nitrogens with one attached hydrogen (secondary N) is 1. The number of benzene rings is 2. The van der Waals surface area contributed by atoms with Crippen LogP contribution in [0.1, 0.15) is 16.8 Å². The van der Waals surface area contributed by atoms with E-state index >= 15 is 0 Å². The van der Waals surface area contributed by atoms with Crippen LogP contribution in [-0.2, 0) is 20.3 Å². The molecule has 0 aliphatic heterocycles. The average molecular weight is 363 g/mol. The van der Waals surface area contributed by atoms with Crippen LogP contribution in [-0.4, -0.2) is 35.0 Å². The molecule has 0 bridgehead atoms. The van der Waals surface area contributed by atoms with E-state index in [4.69, 9.17) is 0 Å². The molecule has 0 unspecified atom stereocenters. The predicted octanol–water partition coefficient (Wildman–Crippen LogP) is 2.30. The van der Waals surface area contributed by atoms with Crippen molar-refractivity contribution in [1.82, 2.24) is 5.32 Å². The molecule has 0 spiro atoms. The minimum absolute atomic E-state index is 0.106. The summed E-state index contributed by atoms with van der Waals surface area (Å²) in [4.78, 5) is 24.7. The summed E-state index contributed by atoms with van der Waals surface area (Å²) in [6.45, 7) is 0. The van der Waals surface area contributed by atoms with Crippen molar-refractivity contribution in [3.63, 3.8) is 0 Å². The van der Waals surface area contributed by atoms with E-state index in [2.05, 4.69) is 10.1 Å². The summed E-state index contributed by atoms with van der Waals surface area (Å²) in [5.74, 6) is -1.92. The van der Waals surface area contributed by atoms with Gasteiger partial charge in [-0.15, -0.1) is 0 Å². The van der Waals surface area contributed by atoms with E-state index in [1.165, 1.54) is 25.3 Å². The summed E-state index contributed by atoms with van der Waals surface area (Å²) >= 11 is 0. The molecule has 0 aliphatic rings. The molecule has 2 atom stereocenters. The Morgan fingerprint density at radius 3 is 2.40 bits per heavy atom. The lowest BCUT2D eigenvalue weighted by molar-refractivity contribution is -0.142. The SMILES string of the molecule is COC(=O)[C@H](CC[S@@](=O)c1ccccc1)NC(=O)c1ccccc1F. The molecule has 2 rings (SSSR count). The number of hydrogen-bond donors (Lipinski definition) is 1. The van der Waals surface area contributed by atoms with Crippen LogP contribution in [0.4, 0.5) is 4.39 Å². The van der Waals surface area contributed by atoms with Crippen LogP contribution in [0.15, 0.2) is 59.5 Å². The van der Waals surface area contributed by atoms with E-state index in [-0.39, 0.29) is 17.7 Å². The fraction of sp³-hybridized carbons (Fsp3) is 0.222. The minimum atomic E-state index is -1.32. The Morgan fingerprint density at radius 2 is 1.76 bits per heavy atom. The maximum absolute atomic E-state index is 13.7. The van der Waals surface area contributed by atoms with Crippen LogP contribution in [0.3, 0.4) is 0 Å². The number of amides is 1. The van der Waals surface area contributed by atoms with Crippen LogP contribution in [0.2, 0.25) is 0 Å². The molecule has 1 amide bonds. The number of rotatable bonds is 7. The van der Waals surface area contributed by atoms with Gasteiger partial charge in [0, 0.05) is 10.6 Å². The smallest absolute Gasteiger partial charge is 0.328 e. The molecule has 7 heteroatoms. The van der Waals surface area contributed by atoms with Gasteiger partial charge >= 0.3 is 5.97 Å². The Hall–Kier alpha value is -2.54. The zero-order valence-corrected chi connectivity index (χ0v) is 14.4. The number of methoxy groups -OCH3 is 1. The quantitative estimate of drug-likeness (QED) is 0.766.